The van der Waals surface area contributed by atoms with Gasteiger partial charge >= 0.3 is 0 Å². The summed E-state index contributed by atoms with van der Waals surface area (Å²) in [4.78, 5) is 13.8. The number of nitrogens with one attached hydrogen (secondary N) is 2. The number of anilines is 1. The molecule has 1 saturated heterocycles. The average molecular weight is 560 g/mol. The molecular weight excluding hydrogens is 537 g/mol. The van der Waals surface area contributed by atoms with E-state index >= 15 is 0 Å². The highest BCUT2D eigenvalue weighted by Gasteiger charge is 2.23. The lowest BCUT2D eigenvalue weighted by atomic mass is 9.99. The Morgan fingerprint density at radius 1 is 1.09 bits per heavy atom. The zero-order valence-electron chi connectivity index (χ0n) is 17.9. The van der Waals surface area contributed by atoms with Crippen molar-refractivity contribution in [2.75, 3.05) is 18.4 Å². The summed E-state index contributed by atoms with van der Waals surface area (Å²) in [5.41, 5.74) is 2.25. The topological polar surface area (TPSA) is 67.7 Å². The van der Waals surface area contributed by atoms with Gasteiger partial charge in [-0.1, -0.05) is 24.3 Å². The Kier molecular flexibility index (Phi) is 6.50. The van der Waals surface area contributed by atoms with E-state index in [0.717, 1.165) is 29.5 Å². The second kappa shape index (κ2) is 9.68. The number of hydrogen-bond donors (Lipinski definition) is 2. The Morgan fingerprint density at radius 2 is 1.94 bits per heavy atom. The minimum Gasteiger partial charge on any atom is -0.350 e. The van der Waals surface area contributed by atoms with Crippen LogP contribution in [0, 0.1) is 21.1 Å². The van der Waals surface area contributed by atoms with E-state index < -0.39 is 0 Å². The lowest BCUT2D eigenvalue weighted by Crippen LogP contribution is -2.32. The normalized spacial score (nSPS) is 16.3. The van der Waals surface area contributed by atoms with Gasteiger partial charge in [0.25, 0.3) is 0 Å². The highest BCUT2D eigenvalue weighted by Crippen LogP contribution is 2.31. The van der Waals surface area contributed by atoms with Crippen LogP contribution in [0.2, 0.25) is 0 Å². The largest absolute Gasteiger partial charge is 0.350 e. The molecule has 1 fully saturated rings. The van der Waals surface area contributed by atoms with E-state index in [1.165, 1.54) is 12.1 Å². The molecule has 0 unspecified atom stereocenters. The van der Waals surface area contributed by atoms with Crippen LogP contribution in [0.1, 0.15) is 18.4 Å². The summed E-state index contributed by atoms with van der Waals surface area (Å²) in [5, 5.41) is 6.55. The fourth-order valence-electron chi connectivity index (χ4n) is 4.23. The van der Waals surface area contributed by atoms with Gasteiger partial charge in [-0.15, -0.1) is 0 Å². The quantitative estimate of drug-likeness (QED) is 0.326. The number of imidazole rings is 1. The van der Waals surface area contributed by atoms with Crippen LogP contribution >= 0.6 is 22.6 Å². The van der Waals surface area contributed by atoms with E-state index in [2.05, 4.69) is 38.2 Å². The number of rotatable bonds is 6. The second-order valence-corrected chi connectivity index (χ2v) is 9.36. The van der Waals surface area contributed by atoms with Crippen LogP contribution in [-0.2, 0) is 13.1 Å². The maximum Gasteiger partial charge on any atom is 0.225 e. The van der Waals surface area contributed by atoms with Crippen molar-refractivity contribution >= 4 is 39.7 Å². The van der Waals surface area contributed by atoms with Gasteiger partial charge in [-0.3, -0.25) is 0 Å². The third kappa shape index (κ3) is 4.70. The van der Waals surface area contributed by atoms with Crippen LogP contribution in [-0.4, -0.2) is 32.6 Å². The molecule has 33 heavy (non-hydrogen) atoms. The van der Waals surface area contributed by atoms with Gasteiger partial charge in [0.05, 0.1) is 11.8 Å². The predicted octanol–water partition coefficient (Wildman–Crippen LogP) is 4.99. The summed E-state index contributed by atoms with van der Waals surface area (Å²) < 4.78 is 31.7. The standard InChI is InChI=1S/C24H23F2IN6/c25-17-7-2-1-6-16(17)12-29-24-30-13-20-22(32-24)33(14-15-5-4-10-28-11-15)23(31-20)21-18(26)8-3-9-19(21)27/h1-3,6-9,13,15,28H,4-5,10-12,14H2,(H,29,30,32)/t15-/m0/s1. The third-order valence-electron chi connectivity index (χ3n) is 5.91. The number of halogens is 3. The molecule has 1 aliphatic heterocycles. The summed E-state index contributed by atoms with van der Waals surface area (Å²) in [6.07, 6.45) is 3.83. The fourth-order valence-corrected chi connectivity index (χ4v) is 4.94. The Labute approximate surface area is 204 Å². The smallest absolute Gasteiger partial charge is 0.225 e. The minimum absolute atomic E-state index is 0.261. The molecule has 0 aliphatic carbocycles. The second-order valence-electron chi connectivity index (χ2n) is 8.20. The highest BCUT2D eigenvalue weighted by molar-refractivity contribution is 14.1. The number of hydrogen-bond acceptors (Lipinski definition) is 5. The molecule has 3 heterocycles. The molecule has 0 spiro atoms. The summed E-state index contributed by atoms with van der Waals surface area (Å²) in [6.45, 7) is 2.85. The van der Waals surface area contributed by atoms with E-state index in [4.69, 9.17) is 9.97 Å². The van der Waals surface area contributed by atoms with Crippen LogP contribution in [0.5, 0.6) is 0 Å². The van der Waals surface area contributed by atoms with Gasteiger partial charge in [0, 0.05) is 22.2 Å². The Morgan fingerprint density at radius 3 is 2.73 bits per heavy atom. The molecular formula is C24H23F2IN6. The first kappa shape index (κ1) is 22.1. The molecule has 2 N–H and O–H groups in total. The minimum atomic E-state index is -0.314. The van der Waals surface area contributed by atoms with Crippen LogP contribution in [0.4, 0.5) is 14.7 Å². The van der Waals surface area contributed by atoms with Crippen molar-refractivity contribution in [3.05, 3.63) is 69.4 Å². The molecule has 0 saturated carbocycles. The monoisotopic (exact) mass is 560 g/mol. The van der Waals surface area contributed by atoms with E-state index in [9.17, 15) is 8.78 Å². The fraction of sp³-hybridized carbons (Fsp3) is 0.292. The van der Waals surface area contributed by atoms with Crippen LogP contribution in [0.3, 0.4) is 0 Å². The van der Waals surface area contributed by atoms with Gasteiger partial charge in [0.15, 0.2) is 5.65 Å². The summed E-state index contributed by atoms with van der Waals surface area (Å²) in [7, 11) is 0. The third-order valence-corrected chi connectivity index (χ3v) is 6.81. The number of fused-ring (bicyclic) bond motifs is 1. The zero-order chi connectivity index (χ0) is 22.8. The van der Waals surface area contributed by atoms with E-state index in [0.29, 0.717) is 46.5 Å². The van der Waals surface area contributed by atoms with E-state index in [1.807, 2.05) is 10.6 Å². The molecule has 0 bridgehead atoms. The first-order valence-electron chi connectivity index (χ1n) is 11.0. The molecule has 0 amide bonds. The molecule has 4 aromatic rings. The van der Waals surface area contributed by atoms with Crippen molar-refractivity contribution in [2.45, 2.75) is 25.9 Å². The lowest BCUT2D eigenvalue weighted by molar-refractivity contribution is 0.341. The molecule has 2 aromatic heterocycles. The maximum atomic E-state index is 14.9. The van der Waals surface area contributed by atoms with Gasteiger partial charge in [-0.05, 0) is 72.6 Å². The molecule has 0 radical (unpaired) electrons. The van der Waals surface area contributed by atoms with Crippen molar-refractivity contribution < 1.29 is 8.78 Å². The molecule has 1 atom stereocenters. The van der Waals surface area contributed by atoms with Crippen molar-refractivity contribution in [3.63, 3.8) is 0 Å². The van der Waals surface area contributed by atoms with Crippen molar-refractivity contribution in [2.24, 2.45) is 5.92 Å². The molecule has 1 aliphatic rings. The van der Waals surface area contributed by atoms with E-state index in [1.54, 1.807) is 30.5 Å². The number of aromatic nitrogens is 4. The average Bonchev–Trinajstić information content (AvgIpc) is 3.16. The van der Waals surface area contributed by atoms with Crippen molar-refractivity contribution in [1.29, 1.82) is 0 Å². The predicted molar refractivity (Wildman–Crippen MR) is 133 cm³/mol. The molecule has 6 nitrogen and oxygen atoms in total. The van der Waals surface area contributed by atoms with Gasteiger partial charge in [0.1, 0.15) is 23.0 Å². The van der Waals surface area contributed by atoms with Gasteiger partial charge in [-0.25, -0.2) is 18.7 Å². The number of nitrogens with zero attached hydrogens (tertiary/aromatic N) is 4. The Bertz CT molecular complexity index is 1270. The summed E-state index contributed by atoms with van der Waals surface area (Å²) in [6, 6.07) is 11.6. The first-order chi connectivity index (χ1) is 16.1. The van der Waals surface area contributed by atoms with Crippen LogP contribution in [0.15, 0.2) is 48.7 Å². The number of benzene rings is 2. The van der Waals surface area contributed by atoms with Crippen LogP contribution < -0.4 is 10.6 Å². The van der Waals surface area contributed by atoms with Crippen molar-refractivity contribution in [3.8, 4) is 11.4 Å². The molecule has 2 aromatic carbocycles. The first-order valence-corrected chi connectivity index (χ1v) is 12.0. The SMILES string of the molecule is Fc1ccccc1CNc1ncc2nc(-c3c(F)cccc3I)n(C[C@H]3CCCNC3)c2n1. The van der Waals surface area contributed by atoms with Crippen molar-refractivity contribution in [1.82, 2.24) is 24.8 Å². The summed E-state index contributed by atoms with van der Waals surface area (Å²) >= 11 is 2.14. The van der Waals surface area contributed by atoms with Crippen LogP contribution in [0.25, 0.3) is 22.6 Å². The van der Waals surface area contributed by atoms with Gasteiger partial charge < -0.3 is 15.2 Å². The Hall–Kier alpha value is -2.66. The maximum absolute atomic E-state index is 14.9. The van der Waals surface area contributed by atoms with Gasteiger partial charge in [-0.2, -0.15) is 4.98 Å². The number of piperidine rings is 1. The zero-order valence-corrected chi connectivity index (χ0v) is 20.0. The highest BCUT2D eigenvalue weighted by atomic mass is 127. The molecule has 170 valence electrons. The molecule has 5 rings (SSSR count). The Balaban J connectivity index is 1.55. The summed E-state index contributed by atoms with van der Waals surface area (Å²) in [5.74, 6) is 0.731. The molecule has 9 heteroatoms. The van der Waals surface area contributed by atoms with Gasteiger partial charge in [0.2, 0.25) is 5.95 Å². The van der Waals surface area contributed by atoms with E-state index in [-0.39, 0.29) is 18.2 Å². The lowest BCUT2D eigenvalue weighted by Gasteiger charge is -2.24.